The van der Waals surface area contributed by atoms with Crippen molar-refractivity contribution in [2.45, 2.75) is 19.4 Å². The summed E-state index contributed by atoms with van der Waals surface area (Å²) in [7, 11) is 5.27. The summed E-state index contributed by atoms with van der Waals surface area (Å²) in [4.78, 5) is 26.4. The number of carbonyl (C=O) groups is 2. The number of aromatic nitrogens is 1. The zero-order valence-corrected chi connectivity index (χ0v) is 17.3. The monoisotopic (exact) mass is 393 g/mol. The van der Waals surface area contributed by atoms with Crippen LogP contribution >= 0.6 is 0 Å². The predicted octanol–water partition coefficient (Wildman–Crippen LogP) is 3.53. The van der Waals surface area contributed by atoms with Crippen LogP contribution in [-0.4, -0.2) is 42.0 Å². The summed E-state index contributed by atoms with van der Waals surface area (Å²) in [5, 5.41) is 4.14. The summed E-state index contributed by atoms with van der Waals surface area (Å²) in [6.45, 7) is 1.96. The largest absolute Gasteiger partial charge is 0.483 e. The standard InChI is InChI=1S/C23H27N3O3/c1-5-18(17-11-7-9-13-21(17)29-15-22(27)25(2)3)24-23(28)20-14-16-10-6-8-12-19(16)26(20)4/h6-14,18H,5,15H2,1-4H3,(H,24,28). The van der Waals surface area contributed by atoms with Gasteiger partial charge in [-0.1, -0.05) is 43.3 Å². The number of hydrogen-bond acceptors (Lipinski definition) is 3. The van der Waals surface area contributed by atoms with Gasteiger partial charge in [-0.25, -0.2) is 0 Å². The number of rotatable bonds is 7. The van der Waals surface area contributed by atoms with Crippen molar-refractivity contribution in [2.24, 2.45) is 7.05 Å². The number of aryl methyl sites for hydroxylation is 1. The molecule has 0 aliphatic carbocycles. The van der Waals surface area contributed by atoms with E-state index in [0.717, 1.165) is 16.5 Å². The Hall–Kier alpha value is -3.28. The molecule has 0 bridgehead atoms. The van der Waals surface area contributed by atoms with Crippen LogP contribution in [-0.2, 0) is 11.8 Å². The maximum Gasteiger partial charge on any atom is 0.268 e. The number of benzene rings is 2. The number of nitrogens with one attached hydrogen (secondary N) is 1. The van der Waals surface area contributed by atoms with E-state index in [0.29, 0.717) is 17.9 Å². The molecule has 1 unspecified atom stereocenters. The van der Waals surface area contributed by atoms with Gasteiger partial charge in [0.25, 0.3) is 11.8 Å². The van der Waals surface area contributed by atoms with Crippen LogP contribution in [0.4, 0.5) is 0 Å². The highest BCUT2D eigenvalue weighted by Crippen LogP contribution is 2.28. The lowest BCUT2D eigenvalue weighted by Crippen LogP contribution is -2.30. The lowest BCUT2D eigenvalue weighted by molar-refractivity contribution is -0.130. The fraction of sp³-hybridized carbons (Fsp3) is 0.304. The first-order valence-corrected chi connectivity index (χ1v) is 9.69. The summed E-state index contributed by atoms with van der Waals surface area (Å²) in [6.07, 6.45) is 0.692. The van der Waals surface area contributed by atoms with Crippen LogP contribution in [0.25, 0.3) is 10.9 Å². The molecule has 6 nitrogen and oxygen atoms in total. The van der Waals surface area contributed by atoms with Crippen LogP contribution in [0.2, 0.25) is 0 Å². The number of hydrogen-bond donors (Lipinski definition) is 1. The van der Waals surface area contributed by atoms with Gasteiger partial charge in [0, 0.05) is 37.6 Å². The second kappa shape index (κ2) is 8.82. The number of likely N-dealkylation sites (N-methyl/N-ethyl adjacent to an activating group) is 1. The van der Waals surface area contributed by atoms with E-state index in [4.69, 9.17) is 4.74 Å². The van der Waals surface area contributed by atoms with Gasteiger partial charge >= 0.3 is 0 Å². The van der Waals surface area contributed by atoms with E-state index in [1.807, 2.05) is 73.1 Å². The number of amides is 2. The average molecular weight is 393 g/mol. The Morgan fingerprint density at radius 2 is 1.79 bits per heavy atom. The fourth-order valence-electron chi connectivity index (χ4n) is 3.31. The molecular weight excluding hydrogens is 366 g/mol. The third-order valence-corrected chi connectivity index (χ3v) is 5.04. The summed E-state index contributed by atoms with van der Waals surface area (Å²) in [5.74, 6) is 0.342. The van der Waals surface area contributed by atoms with E-state index in [2.05, 4.69) is 5.32 Å². The molecule has 0 fully saturated rings. The molecule has 2 amide bonds. The molecule has 152 valence electrons. The molecule has 0 spiro atoms. The van der Waals surface area contributed by atoms with Gasteiger partial charge in [-0.3, -0.25) is 9.59 Å². The highest BCUT2D eigenvalue weighted by molar-refractivity contribution is 5.98. The van der Waals surface area contributed by atoms with Crippen LogP contribution in [0.5, 0.6) is 5.75 Å². The Kier molecular flexibility index (Phi) is 6.22. The topological polar surface area (TPSA) is 63.6 Å². The van der Waals surface area contributed by atoms with E-state index >= 15 is 0 Å². The number of carbonyl (C=O) groups excluding carboxylic acids is 2. The van der Waals surface area contributed by atoms with Gasteiger partial charge in [0.2, 0.25) is 0 Å². The van der Waals surface area contributed by atoms with Crippen molar-refractivity contribution in [1.82, 2.24) is 14.8 Å². The van der Waals surface area contributed by atoms with Crippen molar-refractivity contribution in [3.05, 3.63) is 65.9 Å². The van der Waals surface area contributed by atoms with E-state index in [9.17, 15) is 9.59 Å². The Labute approximate surface area is 171 Å². The molecule has 1 heterocycles. The molecule has 0 aliphatic rings. The van der Waals surface area contributed by atoms with Crippen LogP contribution in [0, 0.1) is 0 Å². The third-order valence-electron chi connectivity index (χ3n) is 5.04. The Morgan fingerprint density at radius 1 is 1.10 bits per heavy atom. The van der Waals surface area contributed by atoms with Gasteiger partial charge in [-0.2, -0.15) is 0 Å². The smallest absolute Gasteiger partial charge is 0.268 e. The second-order valence-electron chi connectivity index (χ2n) is 7.20. The van der Waals surface area contributed by atoms with Gasteiger partial charge < -0.3 is 19.5 Å². The maximum absolute atomic E-state index is 13.0. The first-order valence-electron chi connectivity index (χ1n) is 9.69. The average Bonchev–Trinajstić information content (AvgIpc) is 3.07. The molecule has 0 saturated heterocycles. The van der Waals surface area contributed by atoms with Gasteiger partial charge in [0.15, 0.2) is 6.61 Å². The molecule has 0 saturated carbocycles. The molecule has 1 aromatic heterocycles. The molecular formula is C23H27N3O3. The molecule has 0 aliphatic heterocycles. The van der Waals surface area contributed by atoms with Crippen molar-refractivity contribution in [3.8, 4) is 5.75 Å². The predicted molar refractivity (Wildman–Crippen MR) is 114 cm³/mol. The van der Waals surface area contributed by atoms with Crippen molar-refractivity contribution >= 4 is 22.7 Å². The van der Waals surface area contributed by atoms with Crippen molar-refractivity contribution < 1.29 is 14.3 Å². The zero-order chi connectivity index (χ0) is 21.0. The minimum Gasteiger partial charge on any atom is -0.483 e. The normalized spacial score (nSPS) is 11.9. The number of para-hydroxylation sites is 2. The Balaban J connectivity index is 1.82. The van der Waals surface area contributed by atoms with Crippen LogP contribution in [0.15, 0.2) is 54.6 Å². The summed E-state index contributed by atoms with van der Waals surface area (Å²) in [5.41, 5.74) is 2.47. The van der Waals surface area contributed by atoms with Crippen LogP contribution in [0.3, 0.4) is 0 Å². The summed E-state index contributed by atoms with van der Waals surface area (Å²) >= 11 is 0. The fourth-order valence-corrected chi connectivity index (χ4v) is 3.31. The maximum atomic E-state index is 13.0. The number of fused-ring (bicyclic) bond motifs is 1. The number of nitrogens with zero attached hydrogens (tertiary/aromatic N) is 2. The first-order chi connectivity index (χ1) is 13.9. The second-order valence-corrected chi connectivity index (χ2v) is 7.20. The quantitative estimate of drug-likeness (QED) is 0.668. The highest BCUT2D eigenvalue weighted by atomic mass is 16.5. The molecule has 29 heavy (non-hydrogen) atoms. The molecule has 1 atom stereocenters. The lowest BCUT2D eigenvalue weighted by atomic mass is 10.0. The van der Waals surface area contributed by atoms with Gasteiger partial charge in [0.1, 0.15) is 11.4 Å². The molecule has 1 N–H and O–H groups in total. The molecule has 3 rings (SSSR count). The van der Waals surface area contributed by atoms with Crippen molar-refractivity contribution in [1.29, 1.82) is 0 Å². The Bertz CT molecular complexity index is 1020. The zero-order valence-electron chi connectivity index (χ0n) is 17.3. The lowest BCUT2D eigenvalue weighted by Gasteiger charge is -2.21. The van der Waals surface area contributed by atoms with E-state index in [1.54, 1.807) is 14.1 Å². The summed E-state index contributed by atoms with van der Waals surface area (Å²) in [6, 6.07) is 17.1. The highest BCUT2D eigenvalue weighted by Gasteiger charge is 2.20. The minimum absolute atomic E-state index is 0.0441. The van der Waals surface area contributed by atoms with E-state index < -0.39 is 0 Å². The SMILES string of the molecule is CCC(NC(=O)c1cc2ccccc2n1C)c1ccccc1OCC(=O)N(C)C. The van der Waals surface area contributed by atoms with Crippen LogP contribution < -0.4 is 10.1 Å². The van der Waals surface area contributed by atoms with Crippen molar-refractivity contribution in [2.75, 3.05) is 20.7 Å². The van der Waals surface area contributed by atoms with Gasteiger partial charge in [-0.15, -0.1) is 0 Å². The molecule has 2 aromatic carbocycles. The molecule has 0 radical (unpaired) electrons. The van der Waals surface area contributed by atoms with Crippen molar-refractivity contribution in [3.63, 3.8) is 0 Å². The molecule has 6 heteroatoms. The number of ether oxygens (including phenoxy) is 1. The van der Waals surface area contributed by atoms with Gasteiger partial charge in [-0.05, 0) is 24.6 Å². The third kappa shape index (κ3) is 4.42. The van der Waals surface area contributed by atoms with E-state index in [1.165, 1.54) is 4.90 Å². The Morgan fingerprint density at radius 3 is 2.48 bits per heavy atom. The first kappa shape index (κ1) is 20.5. The summed E-state index contributed by atoms with van der Waals surface area (Å²) < 4.78 is 7.65. The van der Waals surface area contributed by atoms with Crippen LogP contribution in [0.1, 0.15) is 35.4 Å². The van der Waals surface area contributed by atoms with Gasteiger partial charge in [0.05, 0.1) is 6.04 Å². The molecule has 3 aromatic rings. The van der Waals surface area contributed by atoms with E-state index in [-0.39, 0.29) is 24.5 Å². The minimum atomic E-state index is -0.230.